The molecule has 0 fully saturated rings. The monoisotopic (exact) mass is 456 g/mol. The van der Waals surface area contributed by atoms with Crippen LogP contribution in [0.5, 0.6) is 0 Å². The van der Waals surface area contributed by atoms with E-state index in [1.165, 1.54) is 30.3 Å². The molecule has 1 amide bonds. The van der Waals surface area contributed by atoms with Crippen LogP contribution in [0.15, 0.2) is 71.6 Å². The van der Waals surface area contributed by atoms with Gasteiger partial charge in [0.1, 0.15) is 0 Å². The summed E-state index contributed by atoms with van der Waals surface area (Å²) < 4.78 is 28.6. The number of nitrogens with one attached hydrogen (secondary N) is 2. The molecule has 0 aliphatic rings. The van der Waals surface area contributed by atoms with Gasteiger partial charge in [-0.3, -0.25) is 14.3 Å². The number of amides is 1. The van der Waals surface area contributed by atoms with Crippen LogP contribution in [0.25, 0.3) is 0 Å². The lowest BCUT2D eigenvalue weighted by atomic mass is 10.0. The average Bonchev–Trinajstić information content (AvgIpc) is 2.75. The summed E-state index contributed by atoms with van der Waals surface area (Å²) in [6, 6.07) is 17.1. The summed E-state index contributed by atoms with van der Waals surface area (Å²) in [5.74, 6) is -0.726. The molecule has 0 saturated heterocycles. The van der Waals surface area contributed by atoms with Crippen LogP contribution in [-0.4, -0.2) is 26.7 Å². The zero-order chi connectivity index (χ0) is 22.6. The van der Waals surface area contributed by atoms with E-state index in [0.29, 0.717) is 22.7 Å². The fourth-order valence-electron chi connectivity index (χ4n) is 3.01. The Morgan fingerprint density at radius 1 is 0.935 bits per heavy atom. The summed E-state index contributed by atoms with van der Waals surface area (Å²) in [5, 5.41) is 2.97. The Kier molecular flexibility index (Phi) is 6.77. The van der Waals surface area contributed by atoms with Gasteiger partial charge in [-0.05, 0) is 49.7 Å². The van der Waals surface area contributed by atoms with Crippen molar-refractivity contribution in [2.45, 2.75) is 18.7 Å². The molecule has 3 aromatic carbocycles. The molecule has 0 saturated carbocycles. The van der Waals surface area contributed by atoms with Gasteiger partial charge in [-0.2, -0.15) is 0 Å². The number of sulfonamides is 1. The normalized spacial score (nSPS) is 11.1. The van der Waals surface area contributed by atoms with Crippen molar-refractivity contribution in [3.05, 3.63) is 94.0 Å². The van der Waals surface area contributed by atoms with Gasteiger partial charge in [0.05, 0.1) is 10.6 Å². The van der Waals surface area contributed by atoms with Crippen molar-refractivity contribution >= 4 is 39.0 Å². The Hall–Kier alpha value is -3.16. The minimum Gasteiger partial charge on any atom is -0.352 e. The number of hydrogen-bond acceptors (Lipinski definition) is 4. The number of halogens is 1. The first-order valence-electron chi connectivity index (χ1n) is 9.54. The molecular formula is C23H21ClN2O4S. The van der Waals surface area contributed by atoms with Crippen LogP contribution in [-0.2, 0) is 10.0 Å². The van der Waals surface area contributed by atoms with Gasteiger partial charge in [0.2, 0.25) is 0 Å². The molecular weight excluding hydrogens is 436 g/mol. The maximum atomic E-state index is 13.1. The molecule has 6 nitrogen and oxygen atoms in total. The first kappa shape index (κ1) is 22.5. The van der Waals surface area contributed by atoms with Gasteiger partial charge in [0, 0.05) is 28.3 Å². The van der Waals surface area contributed by atoms with E-state index >= 15 is 0 Å². The molecule has 31 heavy (non-hydrogen) atoms. The number of rotatable bonds is 7. The summed E-state index contributed by atoms with van der Waals surface area (Å²) in [7, 11) is -4.08. The first-order valence-corrected chi connectivity index (χ1v) is 11.4. The molecule has 2 N–H and O–H groups in total. The molecule has 3 aromatic rings. The zero-order valence-electron chi connectivity index (χ0n) is 17.0. The van der Waals surface area contributed by atoms with Crippen molar-refractivity contribution in [1.29, 1.82) is 0 Å². The standard InChI is InChI=1S/C23H21ClN2O4S/c1-3-25-23(28)19-14-18(11-9-15(19)2)31(29,30)26-21-12-10-17(24)13-20(21)22(27)16-7-5-4-6-8-16/h4-14,26H,3H2,1-2H3,(H,25,28). The van der Waals surface area contributed by atoms with Crippen molar-refractivity contribution in [2.24, 2.45) is 0 Å². The molecule has 0 aliphatic carbocycles. The highest BCUT2D eigenvalue weighted by Crippen LogP contribution is 2.27. The fourth-order valence-corrected chi connectivity index (χ4v) is 4.29. The summed E-state index contributed by atoms with van der Waals surface area (Å²) in [5.41, 5.74) is 1.54. The predicted octanol–water partition coefficient (Wildman–Crippen LogP) is 4.43. The Balaban J connectivity index is 2.00. The third-order valence-electron chi connectivity index (χ3n) is 4.61. The van der Waals surface area contributed by atoms with Crippen molar-refractivity contribution in [2.75, 3.05) is 11.3 Å². The van der Waals surface area contributed by atoms with Crippen molar-refractivity contribution in [3.63, 3.8) is 0 Å². The first-order chi connectivity index (χ1) is 14.7. The number of carbonyl (C=O) groups excluding carboxylic acids is 2. The van der Waals surface area contributed by atoms with Gasteiger partial charge in [-0.15, -0.1) is 0 Å². The number of carbonyl (C=O) groups is 2. The van der Waals surface area contributed by atoms with E-state index in [1.54, 1.807) is 50.2 Å². The Morgan fingerprint density at radius 3 is 2.32 bits per heavy atom. The molecule has 0 spiro atoms. The van der Waals surface area contributed by atoms with E-state index in [2.05, 4.69) is 10.0 Å². The van der Waals surface area contributed by atoms with Gasteiger partial charge in [0.15, 0.2) is 5.78 Å². The molecule has 0 unspecified atom stereocenters. The third-order valence-corrected chi connectivity index (χ3v) is 6.21. The van der Waals surface area contributed by atoms with Crippen LogP contribution in [0.1, 0.15) is 38.8 Å². The topological polar surface area (TPSA) is 92.3 Å². The lowest BCUT2D eigenvalue weighted by molar-refractivity contribution is 0.0954. The lowest BCUT2D eigenvalue weighted by Gasteiger charge is -2.14. The highest BCUT2D eigenvalue weighted by atomic mass is 35.5. The van der Waals surface area contributed by atoms with Crippen molar-refractivity contribution in [1.82, 2.24) is 5.32 Å². The Bertz CT molecular complexity index is 1240. The largest absolute Gasteiger partial charge is 0.352 e. The summed E-state index contributed by atoms with van der Waals surface area (Å²) in [6.07, 6.45) is 0. The van der Waals surface area contributed by atoms with Gasteiger partial charge in [0.25, 0.3) is 15.9 Å². The number of ketones is 1. The molecule has 0 bridgehead atoms. The van der Waals surface area contributed by atoms with Crippen LogP contribution in [0.3, 0.4) is 0 Å². The number of hydrogen-bond donors (Lipinski definition) is 2. The highest BCUT2D eigenvalue weighted by molar-refractivity contribution is 7.92. The second-order valence-electron chi connectivity index (χ2n) is 6.83. The van der Waals surface area contributed by atoms with Crippen LogP contribution >= 0.6 is 11.6 Å². The van der Waals surface area contributed by atoms with E-state index in [1.807, 2.05) is 0 Å². The third kappa shape index (κ3) is 5.13. The Morgan fingerprint density at radius 2 is 1.65 bits per heavy atom. The summed E-state index contributed by atoms with van der Waals surface area (Å²) >= 11 is 6.07. The molecule has 0 aromatic heterocycles. The maximum absolute atomic E-state index is 13.1. The lowest BCUT2D eigenvalue weighted by Crippen LogP contribution is -2.24. The second-order valence-corrected chi connectivity index (χ2v) is 8.95. The summed E-state index contributed by atoms with van der Waals surface area (Å²) in [4.78, 5) is 25.1. The summed E-state index contributed by atoms with van der Waals surface area (Å²) in [6.45, 7) is 3.93. The molecule has 0 radical (unpaired) electrons. The van der Waals surface area contributed by atoms with Gasteiger partial charge in [-0.1, -0.05) is 48.0 Å². The fraction of sp³-hybridized carbons (Fsp3) is 0.130. The highest BCUT2D eigenvalue weighted by Gasteiger charge is 2.22. The van der Waals surface area contributed by atoms with Crippen LogP contribution < -0.4 is 10.0 Å². The van der Waals surface area contributed by atoms with E-state index in [0.717, 1.165) is 0 Å². The minimum absolute atomic E-state index is 0.0904. The van der Waals surface area contributed by atoms with Crippen LogP contribution in [0, 0.1) is 6.92 Å². The van der Waals surface area contributed by atoms with Gasteiger partial charge < -0.3 is 5.32 Å². The number of anilines is 1. The van der Waals surface area contributed by atoms with E-state index in [9.17, 15) is 18.0 Å². The van der Waals surface area contributed by atoms with E-state index < -0.39 is 10.0 Å². The molecule has 160 valence electrons. The molecule has 3 rings (SSSR count). The van der Waals surface area contributed by atoms with Crippen LogP contribution in [0.4, 0.5) is 5.69 Å². The van der Waals surface area contributed by atoms with Crippen LogP contribution in [0.2, 0.25) is 5.02 Å². The smallest absolute Gasteiger partial charge is 0.261 e. The zero-order valence-corrected chi connectivity index (χ0v) is 18.5. The van der Waals surface area contributed by atoms with Crippen molar-refractivity contribution < 1.29 is 18.0 Å². The minimum atomic E-state index is -4.08. The average molecular weight is 457 g/mol. The molecule has 0 heterocycles. The number of benzene rings is 3. The maximum Gasteiger partial charge on any atom is 0.261 e. The number of aryl methyl sites for hydroxylation is 1. The van der Waals surface area contributed by atoms with E-state index in [4.69, 9.17) is 11.6 Å². The van der Waals surface area contributed by atoms with E-state index in [-0.39, 0.29) is 33.4 Å². The molecule has 8 heteroatoms. The Labute approximate surface area is 186 Å². The molecule has 0 atom stereocenters. The molecule has 0 aliphatic heterocycles. The predicted molar refractivity (Wildman–Crippen MR) is 121 cm³/mol. The van der Waals surface area contributed by atoms with Crippen molar-refractivity contribution in [3.8, 4) is 0 Å². The van der Waals surface area contributed by atoms with Gasteiger partial charge >= 0.3 is 0 Å². The van der Waals surface area contributed by atoms with Gasteiger partial charge in [-0.25, -0.2) is 8.42 Å². The second kappa shape index (κ2) is 9.32. The quantitative estimate of drug-likeness (QED) is 0.514. The SMILES string of the molecule is CCNC(=O)c1cc(S(=O)(=O)Nc2ccc(Cl)cc2C(=O)c2ccccc2)ccc1C.